The molecule has 174 valence electrons. The maximum atomic E-state index is 13.8. The molecule has 5 rings (SSSR count). The van der Waals surface area contributed by atoms with Gasteiger partial charge in [0.1, 0.15) is 0 Å². The summed E-state index contributed by atoms with van der Waals surface area (Å²) in [6, 6.07) is 24.6. The largest absolute Gasteiger partial charge is 0.303 e. The van der Waals surface area contributed by atoms with Crippen molar-refractivity contribution in [3.8, 4) is 11.1 Å². The molecule has 6 nitrogen and oxygen atoms in total. The predicted octanol–water partition coefficient (Wildman–Crippen LogP) is 4.44. The SMILES string of the molecule is Cc1c(/C=N/N2CCN(C)CC2)c2ccccc2n1S(=O)(=O)c1ccc(-c2ccccc2)cc1. The van der Waals surface area contributed by atoms with E-state index in [9.17, 15) is 8.42 Å². The highest BCUT2D eigenvalue weighted by Gasteiger charge is 2.24. The third-order valence-electron chi connectivity index (χ3n) is 6.44. The summed E-state index contributed by atoms with van der Waals surface area (Å²) in [5.41, 5.74) is 4.18. The average molecular weight is 473 g/mol. The van der Waals surface area contributed by atoms with Gasteiger partial charge in [0.15, 0.2) is 0 Å². The van der Waals surface area contributed by atoms with Crippen molar-refractivity contribution < 1.29 is 8.42 Å². The van der Waals surface area contributed by atoms with Gasteiger partial charge in [-0.2, -0.15) is 5.10 Å². The van der Waals surface area contributed by atoms with Crippen LogP contribution >= 0.6 is 0 Å². The summed E-state index contributed by atoms with van der Waals surface area (Å²) < 4.78 is 29.0. The molecule has 0 spiro atoms. The molecule has 34 heavy (non-hydrogen) atoms. The number of hydrogen-bond donors (Lipinski definition) is 0. The summed E-state index contributed by atoms with van der Waals surface area (Å²) in [6.07, 6.45) is 1.81. The number of nitrogens with zero attached hydrogens (tertiary/aromatic N) is 4. The van der Waals surface area contributed by atoms with Gasteiger partial charge in [0.2, 0.25) is 0 Å². The van der Waals surface area contributed by atoms with Crippen LogP contribution in [0.1, 0.15) is 11.3 Å². The zero-order chi connectivity index (χ0) is 23.7. The van der Waals surface area contributed by atoms with Crippen LogP contribution in [0.15, 0.2) is 88.9 Å². The Kier molecular flexibility index (Phi) is 5.98. The minimum Gasteiger partial charge on any atom is -0.303 e. The van der Waals surface area contributed by atoms with Crippen molar-refractivity contribution in [3.05, 3.63) is 90.1 Å². The monoisotopic (exact) mass is 472 g/mol. The molecule has 7 heteroatoms. The predicted molar refractivity (Wildman–Crippen MR) is 138 cm³/mol. The highest BCUT2D eigenvalue weighted by molar-refractivity contribution is 7.90. The van der Waals surface area contributed by atoms with E-state index >= 15 is 0 Å². The van der Waals surface area contributed by atoms with Crippen molar-refractivity contribution in [2.24, 2.45) is 5.10 Å². The van der Waals surface area contributed by atoms with Crippen LogP contribution in [0.4, 0.5) is 0 Å². The number of hydrazone groups is 1. The van der Waals surface area contributed by atoms with E-state index < -0.39 is 10.0 Å². The minimum absolute atomic E-state index is 0.263. The average Bonchev–Trinajstić information content (AvgIpc) is 3.16. The zero-order valence-corrected chi connectivity index (χ0v) is 20.2. The molecule has 0 radical (unpaired) electrons. The van der Waals surface area contributed by atoms with E-state index in [2.05, 4.69) is 17.0 Å². The lowest BCUT2D eigenvalue weighted by Crippen LogP contribution is -2.41. The summed E-state index contributed by atoms with van der Waals surface area (Å²) in [6.45, 7) is 5.49. The summed E-state index contributed by atoms with van der Waals surface area (Å²) in [7, 11) is -1.68. The van der Waals surface area contributed by atoms with Crippen LogP contribution in [0.5, 0.6) is 0 Å². The van der Waals surface area contributed by atoms with Gasteiger partial charge in [0.25, 0.3) is 10.0 Å². The molecule has 0 saturated carbocycles. The van der Waals surface area contributed by atoms with Crippen LogP contribution in [-0.4, -0.2) is 61.7 Å². The van der Waals surface area contributed by atoms with Gasteiger partial charge in [0, 0.05) is 42.8 Å². The Morgan fingerprint density at radius 1 is 0.794 bits per heavy atom. The molecule has 4 aromatic rings. The van der Waals surface area contributed by atoms with Crippen LogP contribution in [0.3, 0.4) is 0 Å². The molecule has 0 unspecified atom stereocenters. The van der Waals surface area contributed by atoms with E-state index in [0.29, 0.717) is 11.2 Å². The zero-order valence-electron chi connectivity index (χ0n) is 19.4. The van der Waals surface area contributed by atoms with E-state index in [1.807, 2.05) is 84.9 Å². The van der Waals surface area contributed by atoms with Crippen molar-refractivity contribution in [1.82, 2.24) is 13.9 Å². The van der Waals surface area contributed by atoms with Crippen molar-refractivity contribution in [1.29, 1.82) is 0 Å². The first-order chi connectivity index (χ1) is 16.4. The normalized spacial score (nSPS) is 15.4. The first kappa shape index (κ1) is 22.4. The second-order valence-electron chi connectivity index (χ2n) is 8.68. The quantitative estimate of drug-likeness (QED) is 0.403. The Hall–Kier alpha value is -3.42. The van der Waals surface area contributed by atoms with Crippen molar-refractivity contribution >= 4 is 27.1 Å². The molecule has 0 atom stereocenters. The van der Waals surface area contributed by atoms with Crippen molar-refractivity contribution in [2.45, 2.75) is 11.8 Å². The summed E-state index contributed by atoms with van der Waals surface area (Å²) >= 11 is 0. The number of piperazine rings is 1. The molecule has 1 aliphatic rings. The fraction of sp³-hybridized carbons (Fsp3) is 0.222. The molecule has 3 aromatic carbocycles. The molecule has 1 saturated heterocycles. The first-order valence-electron chi connectivity index (χ1n) is 11.4. The summed E-state index contributed by atoms with van der Waals surface area (Å²) in [5.74, 6) is 0. The van der Waals surface area contributed by atoms with Crippen LogP contribution in [0.25, 0.3) is 22.0 Å². The lowest BCUT2D eigenvalue weighted by molar-refractivity contribution is 0.159. The Bertz CT molecular complexity index is 1430. The number of likely N-dealkylation sites (N-methyl/N-ethyl adjacent to an activating group) is 1. The third-order valence-corrected chi connectivity index (χ3v) is 8.26. The van der Waals surface area contributed by atoms with Gasteiger partial charge >= 0.3 is 0 Å². The number of rotatable bonds is 5. The number of benzene rings is 3. The fourth-order valence-corrected chi connectivity index (χ4v) is 6.01. The van der Waals surface area contributed by atoms with E-state index in [-0.39, 0.29) is 4.90 Å². The highest BCUT2D eigenvalue weighted by Crippen LogP contribution is 2.30. The van der Waals surface area contributed by atoms with Crippen LogP contribution in [-0.2, 0) is 10.0 Å². The number of para-hydroxylation sites is 1. The molecular weight excluding hydrogens is 444 g/mol. The summed E-state index contributed by atoms with van der Waals surface area (Å²) in [4.78, 5) is 2.54. The maximum Gasteiger partial charge on any atom is 0.268 e. The number of aromatic nitrogens is 1. The Morgan fingerprint density at radius 2 is 1.41 bits per heavy atom. The molecule has 1 fully saturated rings. The van der Waals surface area contributed by atoms with Crippen LogP contribution < -0.4 is 0 Å². The lowest BCUT2D eigenvalue weighted by atomic mass is 10.1. The third kappa shape index (κ3) is 4.13. The molecule has 0 amide bonds. The molecule has 0 N–H and O–H groups in total. The van der Waals surface area contributed by atoms with Crippen molar-refractivity contribution in [2.75, 3.05) is 33.2 Å². The first-order valence-corrected chi connectivity index (χ1v) is 12.9. The van der Waals surface area contributed by atoms with E-state index in [1.165, 1.54) is 3.97 Å². The molecular formula is C27H28N4O2S. The maximum absolute atomic E-state index is 13.8. The van der Waals surface area contributed by atoms with Crippen LogP contribution in [0, 0.1) is 6.92 Å². The Morgan fingerprint density at radius 3 is 2.12 bits per heavy atom. The lowest BCUT2D eigenvalue weighted by Gasteiger charge is -2.30. The van der Waals surface area contributed by atoms with E-state index in [0.717, 1.165) is 48.3 Å². The molecule has 0 bridgehead atoms. The standard InChI is InChI=1S/C27H28N4O2S/c1-21-26(20-28-30-18-16-29(2)17-19-30)25-10-6-7-11-27(25)31(21)34(32,33)24-14-12-23(13-15-24)22-8-4-3-5-9-22/h3-15,20H,16-19H2,1-2H3/b28-20+. The van der Waals surface area contributed by atoms with Gasteiger partial charge in [0.05, 0.1) is 16.6 Å². The highest BCUT2D eigenvalue weighted by atomic mass is 32.2. The van der Waals surface area contributed by atoms with Gasteiger partial charge in [-0.05, 0) is 43.3 Å². The fourth-order valence-electron chi connectivity index (χ4n) is 4.44. The van der Waals surface area contributed by atoms with Gasteiger partial charge in [-0.15, -0.1) is 0 Å². The van der Waals surface area contributed by atoms with Crippen molar-refractivity contribution in [3.63, 3.8) is 0 Å². The van der Waals surface area contributed by atoms with Gasteiger partial charge in [-0.1, -0.05) is 60.7 Å². The van der Waals surface area contributed by atoms with Gasteiger partial charge in [-0.3, -0.25) is 5.01 Å². The Balaban J connectivity index is 1.54. The van der Waals surface area contributed by atoms with Gasteiger partial charge < -0.3 is 4.90 Å². The van der Waals surface area contributed by atoms with Crippen LogP contribution in [0.2, 0.25) is 0 Å². The second-order valence-corrected chi connectivity index (χ2v) is 10.5. The molecule has 1 aliphatic heterocycles. The molecule has 2 heterocycles. The number of fused-ring (bicyclic) bond motifs is 1. The summed E-state index contributed by atoms with van der Waals surface area (Å²) in [5, 5.41) is 7.61. The topological polar surface area (TPSA) is 57.9 Å². The smallest absolute Gasteiger partial charge is 0.268 e. The minimum atomic E-state index is -3.79. The Labute approximate surface area is 200 Å². The number of hydrogen-bond acceptors (Lipinski definition) is 5. The van der Waals surface area contributed by atoms with E-state index in [4.69, 9.17) is 0 Å². The second kappa shape index (κ2) is 9.08. The van der Waals surface area contributed by atoms with E-state index in [1.54, 1.807) is 12.1 Å². The molecule has 0 aliphatic carbocycles. The molecule has 1 aromatic heterocycles. The van der Waals surface area contributed by atoms with Gasteiger partial charge in [-0.25, -0.2) is 12.4 Å².